The van der Waals surface area contributed by atoms with Crippen molar-refractivity contribution in [1.82, 2.24) is 0 Å². The van der Waals surface area contributed by atoms with Crippen LogP contribution in [0.15, 0.2) is 12.1 Å². The van der Waals surface area contributed by atoms with Crippen molar-refractivity contribution < 1.29 is 9.47 Å². The zero-order valence-electron chi connectivity index (χ0n) is 7.83. The lowest BCUT2D eigenvalue weighted by atomic mass is 10.1. The van der Waals surface area contributed by atoms with Crippen LogP contribution >= 0.6 is 0 Å². The molecule has 1 aromatic rings. The van der Waals surface area contributed by atoms with Crippen molar-refractivity contribution in [2.24, 2.45) is 5.73 Å². The van der Waals surface area contributed by atoms with Gasteiger partial charge in [0.2, 0.25) is 0 Å². The number of nitrogens with two attached hydrogens (primary N) is 1. The van der Waals surface area contributed by atoms with Crippen LogP contribution in [0, 0.1) is 6.92 Å². The zero-order chi connectivity index (χ0) is 9.42. The van der Waals surface area contributed by atoms with E-state index in [1.807, 2.05) is 13.0 Å². The normalized spacial score (nSPS) is 19.5. The fourth-order valence-electron chi connectivity index (χ4n) is 1.61. The highest BCUT2D eigenvalue weighted by Gasteiger charge is 2.24. The molecule has 13 heavy (non-hydrogen) atoms. The van der Waals surface area contributed by atoms with Crippen molar-refractivity contribution in [3.63, 3.8) is 0 Å². The first kappa shape index (κ1) is 8.38. The minimum absolute atomic E-state index is 0.0104. The molecule has 0 saturated heterocycles. The van der Waals surface area contributed by atoms with Gasteiger partial charge in [-0.3, -0.25) is 0 Å². The molecular weight excluding hydrogens is 166 g/mol. The molecule has 0 bridgehead atoms. The lowest BCUT2D eigenvalue weighted by molar-refractivity contribution is 0.311. The Morgan fingerprint density at radius 2 is 2.31 bits per heavy atom. The summed E-state index contributed by atoms with van der Waals surface area (Å²) < 4.78 is 10.6. The summed E-state index contributed by atoms with van der Waals surface area (Å²) in [7, 11) is 1.64. The fourth-order valence-corrected chi connectivity index (χ4v) is 1.61. The Morgan fingerprint density at radius 3 is 3.00 bits per heavy atom. The summed E-state index contributed by atoms with van der Waals surface area (Å²) in [5, 5.41) is 0. The minimum atomic E-state index is -0.0104. The molecule has 1 aromatic carbocycles. The van der Waals surface area contributed by atoms with Crippen LogP contribution in [0.5, 0.6) is 11.5 Å². The van der Waals surface area contributed by atoms with E-state index in [1.54, 1.807) is 7.11 Å². The lowest BCUT2D eigenvalue weighted by Gasteiger charge is -2.07. The van der Waals surface area contributed by atoms with Crippen LogP contribution in [0.3, 0.4) is 0 Å². The molecule has 1 unspecified atom stereocenters. The van der Waals surface area contributed by atoms with Crippen molar-refractivity contribution in [1.29, 1.82) is 0 Å². The first-order chi connectivity index (χ1) is 6.22. The van der Waals surface area contributed by atoms with Gasteiger partial charge in [-0.05, 0) is 18.6 Å². The van der Waals surface area contributed by atoms with E-state index in [2.05, 4.69) is 6.07 Å². The van der Waals surface area contributed by atoms with Gasteiger partial charge in [-0.1, -0.05) is 6.07 Å². The van der Waals surface area contributed by atoms with E-state index in [1.165, 1.54) is 0 Å². The average Bonchev–Trinajstić information content (AvgIpc) is 2.47. The SMILES string of the molecule is COc1cc(C)cc2c1OCC2N. The molecule has 70 valence electrons. The molecular formula is C10H13NO2. The molecule has 1 aliphatic heterocycles. The van der Waals surface area contributed by atoms with E-state index in [0.29, 0.717) is 6.61 Å². The molecule has 1 atom stereocenters. The van der Waals surface area contributed by atoms with E-state index >= 15 is 0 Å². The number of hydrogen-bond donors (Lipinski definition) is 1. The molecule has 1 heterocycles. The molecule has 2 rings (SSSR count). The van der Waals surface area contributed by atoms with Crippen molar-refractivity contribution >= 4 is 0 Å². The molecule has 0 saturated carbocycles. The molecule has 0 aromatic heterocycles. The van der Waals surface area contributed by atoms with Crippen molar-refractivity contribution in [3.8, 4) is 11.5 Å². The van der Waals surface area contributed by atoms with Gasteiger partial charge in [0.15, 0.2) is 11.5 Å². The van der Waals surface area contributed by atoms with Crippen LogP contribution < -0.4 is 15.2 Å². The average molecular weight is 179 g/mol. The first-order valence-corrected chi connectivity index (χ1v) is 4.29. The van der Waals surface area contributed by atoms with Crippen molar-refractivity contribution in [2.45, 2.75) is 13.0 Å². The Morgan fingerprint density at radius 1 is 1.54 bits per heavy atom. The van der Waals surface area contributed by atoms with Gasteiger partial charge in [0.05, 0.1) is 13.2 Å². The summed E-state index contributed by atoms with van der Waals surface area (Å²) in [6, 6.07) is 4.00. The Balaban J connectivity index is 2.56. The predicted molar refractivity (Wildman–Crippen MR) is 50.2 cm³/mol. The van der Waals surface area contributed by atoms with Gasteiger partial charge in [0.25, 0.3) is 0 Å². The topological polar surface area (TPSA) is 44.5 Å². The van der Waals surface area contributed by atoms with Gasteiger partial charge in [-0.2, -0.15) is 0 Å². The second-order valence-electron chi connectivity index (χ2n) is 3.30. The predicted octanol–water partition coefficient (Wildman–Crippen LogP) is 1.40. The summed E-state index contributed by atoms with van der Waals surface area (Å²) in [6.45, 7) is 2.57. The molecule has 3 heteroatoms. The third kappa shape index (κ3) is 1.25. The molecule has 0 radical (unpaired) electrons. The van der Waals surface area contributed by atoms with Crippen LogP contribution in [0.1, 0.15) is 17.2 Å². The Hall–Kier alpha value is -1.22. The fraction of sp³-hybridized carbons (Fsp3) is 0.400. The van der Waals surface area contributed by atoms with Gasteiger partial charge in [0.1, 0.15) is 6.61 Å². The molecule has 0 amide bonds. The number of hydrogen-bond acceptors (Lipinski definition) is 3. The quantitative estimate of drug-likeness (QED) is 0.708. The van der Waals surface area contributed by atoms with Crippen LogP contribution in [-0.4, -0.2) is 13.7 Å². The van der Waals surface area contributed by atoms with Crippen LogP contribution in [0.25, 0.3) is 0 Å². The summed E-state index contributed by atoms with van der Waals surface area (Å²) in [5.41, 5.74) is 8.06. The third-order valence-corrected chi connectivity index (χ3v) is 2.25. The molecule has 3 nitrogen and oxygen atoms in total. The Labute approximate surface area is 77.5 Å². The maximum atomic E-state index is 5.86. The van der Waals surface area contributed by atoms with E-state index < -0.39 is 0 Å². The molecule has 2 N–H and O–H groups in total. The molecule has 0 spiro atoms. The Bertz CT molecular complexity index is 336. The standard InChI is InChI=1S/C10H13NO2/c1-6-3-7-8(11)5-13-10(7)9(4-6)12-2/h3-4,8H,5,11H2,1-2H3. The highest BCUT2D eigenvalue weighted by Crippen LogP contribution is 2.39. The third-order valence-electron chi connectivity index (χ3n) is 2.25. The Kier molecular flexibility index (Phi) is 1.88. The second kappa shape index (κ2) is 2.92. The highest BCUT2D eigenvalue weighted by atomic mass is 16.5. The smallest absolute Gasteiger partial charge is 0.166 e. The van der Waals surface area contributed by atoms with Gasteiger partial charge in [0, 0.05) is 5.56 Å². The number of methoxy groups -OCH3 is 1. The number of benzene rings is 1. The van der Waals surface area contributed by atoms with Crippen molar-refractivity contribution in [3.05, 3.63) is 23.3 Å². The maximum absolute atomic E-state index is 5.86. The van der Waals surface area contributed by atoms with Gasteiger partial charge < -0.3 is 15.2 Å². The maximum Gasteiger partial charge on any atom is 0.166 e. The lowest BCUT2D eigenvalue weighted by Crippen LogP contribution is -2.10. The highest BCUT2D eigenvalue weighted by molar-refractivity contribution is 5.52. The first-order valence-electron chi connectivity index (χ1n) is 4.29. The molecule has 0 aliphatic carbocycles. The molecule has 0 fully saturated rings. The van der Waals surface area contributed by atoms with Gasteiger partial charge in [-0.25, -0.2) is 0 Å². The number of fused-ring (bicyclic) bond motifs is 1. The zero-order valence-corrected chi connectivity index (χ0v) is 7.83. The van der Waals surface area contributed by atoms with Crippen molar-refractivity contribution in [2.75, 3.05) is 13.7 Å². The largest absolute Gasteiger partial charge is 0.493 e. The summed E-state index contributed by atoms with van der Waals surface area (Å²) in [6.07, 6.45) is 0. The van der Waals surface area contributed by atoms with E-state index in [4.69, 9.17) is 15.2 Å². The number of ether oxygens (including phenoxy) is 2. The molecule has 1 aliphatic rings. The second-order valence-corrected chi connectivity index (χ2v) is 3.30. The van der Waals surface area contributed by atoms with E-state index in [-0.39, 0.29) is 6.04 Å². The van der Waals surface area contributed by atoms with E-state index in [0.717, 1.165) is 22.6 Å². The van der Waals surface area contributed by atoms with Gasteiger partial charge >= 0.3 is 0 Å². The van der Waals surface area contributed by atoms with Crippen LogP contribution in [-0.2, 0) is 0 Å². The van der Waals surface area contributed by atoms with Crippen LogP contribution in [0.2, 0.25) is 0 Å². The summed E-state index contributed by atoms with van der Waals surface area (Å²) in [5.74, 6) is 1.59. The number of aryl methyl sites for hydroxylation is 1. The summed E-state index contributed by atoms with van der Waals surface area (Å²) >= 11 is 0. The number of rotatable bonds is 1. The monoisotopic (exact) mass is 179 g/mol. The van der Waals surface area contributed by atoms with E-state index in [9.17, 15) is 0 Å². The minimum Gasteiger partial charge on any atom is -0.493 e. The summed E-state index contributed by atoms with van der Waals surface area (Å²) in [4.78, 5) is 0. The van der Waals surface area contributed by atoms with Gasteiger partial charge in [-0.15, -0.1) is 0 Å². The van der Waals surface area contributed by atoms with Crippen LogP contribution in [0.4, 0.5) is 0 Å².